The topological polar surface area (TPSA) is 88.2 Å². The van der Waals surface area contributed by atoms with E-state index in [4.69, 9.17) is 10.8 Å². The lowest BCUT2D eigenvalue weighted by molar-refractivity contribution is -0.138. The number of nitrogens with two attached hydrogens (primary N) is 1. The predicted octanol–water partition coefficient (Wildman–Crippen LogP) is 2.22. The first-order valence-electron chi connectivity index (χ1n) is 6.28. The maximum absolute atomic E-state index is 10.8. The quantitative estimate of drug-likeness (QED) is 0.780. The standard InChI is InChI=1S/C12H19N3O2S/c1-7-4-2-3-5-8(7)14-12-15-9(6-18-12)10(13)11(16)17/h6-8,10H,2-5,13H2,1H3,(H,14,15)(H,16,17). The van der Waals surface area contributed by atoms with Gasteiger partial charge in [-0.05, 0) is 18.8 Å². The van der Waals surface area contributed by atoms with Gasteiger partial charge in [0.15, 0.2) is 5.13 Å². The molecule has 1 fully saturated rings. The molecule has 0 bridgehead atoms. The van der Waals surface area contributed by atoms with Gasteiger partial charge in [0.1, 0.15) is 6.04 Å². The number of carboxylic acids is 1. The molecule has 0 saturated heterocycles. The maximum atomic E-state index is 10.8. The Labute approximate surface area is 110 Å². The Hall–Kier alpha value is -1.14. The zero-order valence-electron chi connectivity index (χ0n) is 10.4. The van der Waals surface area contributed by atoms with Gasteiger partial charge in [0.2, 0.25) is 0 Å². The molecule has 4 N–H and O–H groups in total. The third-order valence-corrected chi connectivity index (χ3v) is 4.32. The summed E-state index contributed by atoms with van der Waals surface area (Å²) in [6.07, 6.45) is 4.94. The van der Waals surface area contributed by atoms with Crippen LogP contribution in [0.5, 0.6) is 0 Å². The van der Waals surface area contributed by atoms with Gasteiger partial charge < -0.3 is 16.2 Å². The second kappa shape index (κ2) is 5.67. The van der Waals surface area contributed by atoms with Crippen LogP contribution in [0.4, 0.5) is 5.13 Å². The first kappa shape index (κ1) is 13.3. The summed E-state index contributed by atoms with van der Waals surface area (Å²) < 4.78 is 0. The number of hydrogen-bond acceptors (Lipinski definition) is 5. The third kappa shape index (κ3) is 3.00. The molecule has 1 aliphatic carbocycles. The molecule has 0 radical (unpaired) electrons. The number of thiazole rings is 1. The molecule has 0 aromatic carbocycles. The van der Waals surface area contributed by atoms with E-state index in [0.29, 0.717) is 17.7 Å². The van der Waals surface area contributed by atoms with Crippen molar-refractivity contribution in [3.8, 4) is 0 Å². The molecule has 3 unspecified atom stereocenters. The molecule has 1 aromatic rings. The van der Waals surface area contributed by atoms with Crippen molar-refractivity contribution in [2.24, 2.45) is 11.7 Å². The highest BCUT2D eigenvalue weighted by molar-refractivity contribution is 7.13. The monoisotopic (exact) mass is 269 g/mol. The number of nitrogens with zero attached hydrogens (tertiary/aromatic N) is 1. The molecule has 0 amide bonds. The van der Waals surface area contributed by atoms with Crippen molar-refractivity contribution in [1.82, 2.24) is 4.98 Å². The summed E-state index contributed by atoms with van der Waals surface area (Å²) in [5.74, 6) is -0.405. The van der Waals surface area contributed by atoms with Crippen LogP contribution in [0.1, 0.15) is 44.3 Å². The molecule has 18 heavy (non-hydrogen) atoms. The smallest absolute Gasteiger partial charge is 0.326 e. The minimum Gasteiger partial charge on any atom is -0.480 e. The molecule has 3 atom stereocenters. The van der Waals surface area contributed by atoms with E-state index in [9.17, 15) is 4.79 Å². The summed E-state index contributed by atoms with van der Waals surface area (Å²) in [6, 6.07) is -0.584. The van der Waals surface area contributed by atoms with E-state index in [1.165, 1.54) is 30.6 Å². The fourth-order valence-corrected chi connectivity index (χ4v) is 3.12. The van der Waals surface area contributed by atoms with E-state index in [1.54, 1.807) is 5.38 Å². The summed E-state index contributed by atoms with van der Waals surface area (Å²) in [5, 5.41) is 14.7. The first-order valence-corrected chi connectivity index (χ1v) is 7.16. The van der Waals surface area contributed by atoms with Gasteiger partial charge in [-0.2, -0.15) is 0 Å². The highest BCUT2D eigenvalue weighted by Gasteiger charge is 2.23. The number of carboxylic acid groups (broad SMARTS) is 1. The summed E-state index contributed by atoms with van der Waals surface area (Å²) >= 11 is 1.43. The molecule has 2 rings (SSSR count). The van der Waals surface area contributed by atoms with Crippen LogP contribution in [0.25, 0.3) is 0 Å². The minimum absolute atomic E-state index is 0.429. The Morgan fingerprint density at radius 2 is 2.33 bits per heavy atom. The number of nitrogens with one attached hydrogen (secondary N) is 1. The van der Waals surface area contributed by atoms with Gasteiger partial charge in [0, 0.05) is 11.4 Å². The highest BCUT2D eigenvalue weighted by atomic mass is 32.1. The summed E-state index contributed by atoms with van der Waals surface area (Å²) in [7, 11) is 0. The summed E-state index contributed by atoms with van der Waals surface area (Å²) in [6.45, 7) is 2.24. The van der Waals surface area contributed by atoms with Crippen molar-refractivity contribution < 1.29 is 9.90 Å². The molecule has 100 valence electrons. The molecule has 1 aromatic heterocycles. The van der Waals surface area contributed by atoms with Gasteiger partial charge in [-0.25, -0.2) is 4.98 Å². The van der Waals surface area contributed by atoms with Crippen molar-refractivity contribution in [2.75, 3.05) is 5.32 Å². The molecule has 6 heteroatoms. The molecule has 1 saturated carbocycles. The highest BCUT2D eigenvalue weighted by Crippen LogP contribution is 2.28. The largest absolute Gasteiger partial charge is 0.480 e. The molecule has 1 heterocycles. The second-order valence-corrected chi connectivity index (χ2v) is 5.76. The van der Waals surface area contributed by atoms with E-state index in [1.807, 2.05) is 0 Å². The Morgan fingerprint density at radius 1 is 1.61 bits per heavy atom. The number of rotatable bonds is 4. The number of anilines is 1. The number of aliphatic carboxylic acids is 1. The van der Waals surface area contributed by atoms with E-state index in [-0.39, 0.29) is 0 Å². The lowest BCUT2D eigenvalue weighted by atomic mass is 9.86. The summed E-state index contributed by atoms with van der Waals surface area (Å²) in [5.41, 5.74) is 5.96. The van der Waals surface area contributed by atoms with Gasteiger partial charge >= 0.3 is 5.97 Å². The minimum atomic E-state index is -1.04. The number of hydrogen-bond donors (Lipinski definition) is 3. The van der Waals surface area contributed by atoms with Gasteiger partial charge in [0.25, 0.3) is 0 Å². The van der Waals surface area contributed by atoms with Crippen LogP contribution in [0.2, 0.25) is 0 Å². The van der Waals surface area contributed by atoms with Crippen LogP contribution < -0.4 is 11.1 Å². The Kier molecular flexibility index (Phi) is 4.19. The van der Waals surface area contributed by atoms with E-state index in [0.717, 1.165) is 11.6 Å². The zero-order chi connectivity index (χ0) is 13.1. The van der Waals surface area contributed by atoms with Crippen LogP contribution in [0.3, 0.4) is 0 Å². The zero-order valence-corrected chi connectivity index (χ0v) is 11.2. The van der Waals surface area contributed by atoms with Crippen LogP contribution in [-0.2, 0) is 4.79 Å². The van der Waals surface area contributed by atoms with Crippen LogP contribution in [0, 0.1) is 5.92 Å². The second-order valence-electron chi connectivity index (χ2n) is 4.91. The van der Waals surface area contributed by atoms with Crippen LogP contribution >= 0.6 is 11.3 Å². The van der Waals surface area contributed by atoms with Gasteiger partial charge in [0.05, 0.1) is 5.69 Å². The Bertz CT molecular complexity index is 421. The average molecular weight is 269 g/mol. The van der Waals surface area contributed by atoms with Crippen molar-refractivity contribution in [3.05, 3.63) is 11.1 Å². The third-order valence-electron chi connectivity index (χ3n) is 3.53. The maximum Gasteiger partial charge on any atom is 0.326 e. The van der Waals surface area contributed by atoms with Crippen LogP contribution in [-0.4, -0.2) is 22.1 Å². The van der Waals surface area contributed by atoms with Crippen molar-refractivity contribution in [3.63, 3.8) is 0 Å². The van der Waals surface area contributed by atoms with E-state index >= 15 is 0 Å². The molecule has 5 nitrogen and oxygen atoms in total. The van der Waals surface area contributed by atoms with Crippen LogP contribution in [0.15, 0.2) is 5.38 Å². The van der Waals surface area contributed by atoms with E-state index < -0.39 is 12.0 Å². The van der Waals surface area contributed by atoms with Gasteiger partial charge in [-0.3, -0.25) is 4.79 Å². The number of aromatic nitrogens is 1. The Morgan fingerprint density at radius 3 is 3.00 bits per heavy atom. The van der Waals surface area contributed by atoms with Crippen molar-refractivity contribution in [2.45, 2.75) is 44.7 Å². The summed E-state index contributed by atoms with van der Waals surface area (Å²) in [4.78, 5) is 15.0. The van der Waals surface area contributed by atoms with Gasteiger partial charge in [-0.15, -0.1) is 11.3 Å². The predicted molar refractivity (Wildman–Crippen MR) is 71.7 cm³/mol. The van der Waals surface area contributed by atoms with Gasteiger partial charge in [-0.1, -0.05) is 19.8 Å². The molecular weight excluding hydrogens is 250 g/mol. The fourth-order valence-electron chi connectivity index (χ4n) is 2.31. The molecule has 0 spiro atoms. The van der Waals surface area contributed by atoms with E-state index in [2.05, 4.69) is 17.2 Å². The molecule has 0 aliphatic heterocycles. The lowest BCUT2D eigenvalue weighted by Crippen LogP contribution is -2.30. The number of carbonyl (C=O) groups is 1. The van der Waals surface area contributed by atoms with Crippen molar-refractivity contribution >= 4 is 22.4 Å². The fraction of sp³-hybridized carbons (Fsp3) is 0.667. The molecular formula is C12H19N3O2S. The average Bonchev–Trinajstić information content (AvgIpc) is 2.79. The van der Waals surface area contributed by atoms with Crippen molar-refractivity contribution in [1.29, 1.82) is 0 Å². The SMILES string of the molecule is CC1CCCCC1Nc1nc(C(N)C(=O)O)cs1. The lowest BCUT2D eigenvalue weighted by Gasteiger charge is -2.29. The normalized spacial score (nSPS) is 25.7. The molecule has 1 aliphatic rings. The Balaban J connectivity index is 1.99. The first-order chi connectivity index (χ1) is 8.58.